The highest BCUT2D eigenvalue weighted by Crippen LogP contribution is 2.21. The first-order chi connectivity index (χ1) is 7.80. The molecule has 0 fully saturated rings. The molecule has 2 rings (SSSR count). The van der Waals surface area contributed by atoms with Gasteiger partial charge in [-0.05, 0) is 12.1 Å². The van der Waals surface area contributed by atoms with Crippen LogP contribution < -0.4 is 12.3 Å². The Morgan fingerprint density at radius 2 is 1.00 bits per heavy atom. The van der Waals surface area contributed by atoms with Crippen LogP contribution in [-0.2, 0) is 0 Å². The Labute approximate surface area is 112 Å². The lowest BCUT2D eigenvalue weighted by molar-refractivity contribution is 0.404. The number of aromatic hydroxyl groups is 2. The molecule has 0 unspecified atom stereocenters. The van der Waals surface area contributed by atoms with E-state index < -0.39 is 0 Å². The number of rotatable bonds is 0. The summed E-state index contributed by atoms with van der Waals surface area (Å²) >= 11 is 0. The molecule has 0 saturated carbocycles. The van der Waals surface area contributed by atoms with Gasteiger partial charge < -0.3 is 28.0 Å². The fourth-order valence-corrected chi connectivity index (χ4v) is 0.718. The minimum atomic E-state index is -0.0764. The van der Waals surface area contributed by atoms with Crippen LogP contribution in [-0.4, -0.2) is 25.7 Å². The first-order valence-corrected chi connectivity index (χ1v) is 4.47. The molecule has 0 amide bonds. The lowest BCUT2D eigenvalue weighted by Crippen LogP contribution is -1.66. The van der Waals surface area contributed by atoms with Gasteiger partial charge in [0.2, 0.25) is 0 Å². The number of phenolic OH excluding ortho intramolecular Hbond substituents is 2. The van der Waals surface area contributed by atoms with E-state index in [1.165, 1.54) is 12.1 Å². The quantitative estimate of drug-likeness (QED) is 0.420. The van der Waals surface area contributed by atoms with Crippen LogP contribution in [0.1, 0.15) is 0 Å². The van der Waals surface area contributed by atoms with Gasteiger partial charge in [-0.1, -0.05) is 12.1 Å². The van der Waals surface area contributed by atoms with Gasteiger partial charge in [0.05, 0.1) is 0 Å². The Morgan fingerprint density at radius 1 is 0.737 bits per heavy atom. The second kappa shape index (κ2) is 17.9. The first-order valence-electron chi connectivity index (χ1n) is 4.47. The molecule has 7 nitrogen and oxygen atoms in total. The van der Waals surface area contributed by atoms with Crippen LogP contribution in [0.4, 0.5) is 0 Å². The van der Waals surface area contributed by atoms with Gasteiger partial charge in [0.25, 0.3) is 0 Å². The van der Waals surface area contributed by atoms with E-state index in [4.69, 9.17) is 10.2 Å². The third kappa shape index (κ3) is 13.5. The van der Waals surface area contributed by atoms with Crippen LogP contribution in [0.15, 0.2) is 62.2 Å². The predicted octanol–water partition coefficient (Wildman–Crippen LogP) is 1.88. The van der Waals surface area contributed by atoms with Gasteiger partial charge in [-0.3, -0.25) is 9.97 Å². The van der Waals surface area contributed by atoms with Crippen molar-refractivity contribution in [1.29, 1.82) is 0 Å². The molecular weight excluding hydrogens is 248 g/mol. The number of nitrogens with zero attached hydrogens (tertiary/aromatic N) is 2. The first kappa shape index (κ1) is 25.4. The molecule has 1 aromatic carbocycles. The molecule has 1 aromatic heterocycles. The van der Waals surface area contributed by atoms with Crippen LogP contribution in [0, 0.1) is 0 Å². The summed E-state index contributed by atoms with van der Waals surface area (Å²) in [5, 5.41) is 17.3. The molecule has 0 saturated heterocycles. The van der Waals surface area contributed by atoms with E-state index in [9.17, 15) is 0 Å². The van der Waals surface area contributed by atoms with Gasteiger partial charge in [0.15, 0.2) is 11.5 Å². The van der Waals surface area contributed by atoms with Crippen molar-refractivity contribution in [3.8, 4) is 11.5 Å². The molecule has 0 aliphatic heterocycles. The molecule has 0 aliphatic carbocycles. The Balaban J connectivity index is -0.0000000936. The van der Waals surface area contributed by atoms with Crippen LogP contribution >= 0.6 is 0 Å². The molecule has 7 heteroatoms. The van der Waals surface area contributed by atoms with Gasteiger partial charge in [0.1, 0.15) is 0 Å². The fraction of sp³-hybridized carbons (Fsp3) is 0. The molecule has 2 aromatic rings. The number of hydrogen-bond acceptors (Lipinski definition) is 6. The third-order valence-electron chi connectivity index (χ3n) is 1.36. The van der Waals surface area contributed by atoms with Crippen LogP contribution in [0.25, 0.3) is 0 Å². The van der Waals surface area contributed by atoms with Gasteiger partial charge >= 0.3 is 0 Å². The maximum Gasteiger partial charge on any atom is 0.157 e. The van der Waals surface area contributed by atoms with Crippen LogP contribution in [0.3, 0.4) is 0 Å². The summed E-state index contributed by atoms with van der Waals surface area (Å²) in [4.78, 5) is 7.44. The van der Waals surface area contributed by atoms with Crippen LogP contribution in [0.2, 0.25) is 0 Å². The molecule has 108 valence electrons. The summed E-state index contributed by atoms with van der Waals surface area (Å²) in [7, 11) is 0. The molecule has 0 spiro atoms. The SMILES string of the molecule is C=C.N.N.O.Oc1ccccc1O.c1cnccn1. The highest BCUT2D eigenvalue weighted by Gasteiger charge is 1.90. The zero-order valence-electron chi connectivity index (χ0n) is 10.7. The highest BCUT2D eigenvalue weighted by atomic mass is 16.3. The van der Waals surface area contributed by atoms with E-state index in [0.717, 1.165) is 0 Å². The zero-order valence-corrected chi connectivity index (χ0v) is 10.7. The largest absolute Gasteiger partial charge is 0.504 e. The maximum absolute atomic E-state index is 8.67. The third-order valence-corrected chi connectivity index (χ3v) is 1.36. The zero-order chi connectivity index (χ0) is 12.2. The monoisotopic (exact) mass is 270 g/mol. The van der Waals surface area contributed by atoms with E-state index in [1.54, 1.807) is 36.9 Å². The maximum atomic E-state index is 8.67. The van der Waals surface area contributed by atoms with Crippen molar-refractivity contribution in [3.63, 3.8) is 0 Å². The minimum Gasteiger partial charge on any atom is -0.504 e. The number of benzene rings is 1. The Kier molecular flexibility index (Phi) is 23.9. The predicted molar refractivity (Wildman–Crippen MR) is 76.7 cm³/mol. The second-order valence-corrected chi connectivity index (χ2v) is 2.38. The molecular formula is C12H22N4O3. The lowest BCUT2D eigenvalue weighted by atomic mass is 10.3. The van der Waals surface area contributed by atoms with Gasteiger partial charge in [-0.25, -0.2) is 0 Å². The average Bonchev–Trinajstić information content (AvgIpc) is 2.38. The van der Waals surface area contributed by atoms with Crippen molar-refractivity contribution in [3.05, 3.63) is 62.2 Å². The molecule has 0 radical (unpaired) electrons. The lowest BCUT2D eigenvalue weighted by Gasteiger charge is -1.91. The summed E-state index contributed by atoms with van der Waals surface area (Å²) in [6.45, 7) is 6.00. The van der Waals surface area contributed by atoms with Crippen molar-refractivity contribution in [1.82, 2.24) is 22.3 Å². The number of phenols is 2. The summed E-state index contributed by atoms with van der Waals surface area (Å²) in [5.74, 6) is -0.153. The smallest absolute Gasteiger partial charge is 0.157 e. The van der Waals surface area contributed by atoms with Crippen LogP contribution in [0.5, 0.6) is 11.5 Å². The Morgan fingerprint density at radius 3 is 1.16 bits per heavy atom. The highest BCUT2D eigenvalue weighted by molar-refractivity contribution is 5.36. The summed E-state index contributed by atoms with van der Waals surface area (Å²) < 4.78 is 0. The molecule has 10 N–H and O–H groups in total. The van der Waals surface area contributed by atoms with E-state index >= 15 is 0 Å². The fourth-order valence-electron chi connectivity index (χ4n) is 0.718. The Bertz CT molecular complexity index is 340. The van der Waals surface area contributed by atoms with Crippen molar-refractivity contribution in [2.24, 2.45) is 0 Å². The standard InChI is InChI=1S/C6H6O2.C4H4N2.C2H4.2H3N.H2O/c7-5-3-1-2-4-6(5)8;1-2-6-4-3-5-1;1-2;;;/h1-4,7-8H;1-4H;1-2H2;2*1H3;1H2. The van der Waals surface area contributed by atoms with Crippen molar-refractivity contribution in [2.45, 2.75) is 0 Å². The van der Waals surface area contributed by atoms with E-state index in [-0.39, 0.29) is 29.3 Å². The molecule has 0 atom stereocenters. The molecule has 19 heavy (non-hydrogen) atoms. The molecule has 1 heterocycles. The summed E-state index contributed by atoms with van der Waals surface area (Å²) in [6.07, 6.45) is 6.56. The topological polar surface area (TPSA) is 168 Å². The summed E-state index contributed by atoms with van der Waals surface area (Å²) in [5.41, 5.74) is 0. The van der Waals surface area contributed by atoms with Gasteiger partial charge in [0, 0.05) is 24.8 Å². The Hall–Kier alpha value is -2.48. The van der Waals surface area contributed by atoms with E-state index in [2.05, 4.69) is 23.1 Å². The van der Waals surface area contributed by atoms with Gasteiger partial charge in [-0.2, -0.15) is 0 Å². The molecule has 0 aliphatic rings. The summed E-state index contributed by atoms with van der Waals surface area (Å²) in [6, 6.07) is 6.15. The van der Waals surface area contributed by atoms with Gasteiger partial charge in [-0.15, -0.1) is 13.2 Å². The van der Waals surface area contributed by atoms with E-state index in [1.807, 2.05) is 0 Å². The molecule has 0 bridgehead atoms. The van der Waals surface area contributed by atoms with Crippen molar-refractivity contribution < 1.29 is 15.7 Å². The number of para-hydroxylation sites is 2. The minimum absolute atomic E-state index is 0. The van der Waals surface area contributed by atoms with E-state index in [0.29, 0.717) is 0 Å². The number of aromatic nitrogens is 2. The number of hydrogen-bond donors (Lipinski definition) is 4. The normalized spacial score (nSPS) is 6.53. The average molecular weight is 270 g/mol. The van der Waals surface area contributed by atoms with Crippen molar-refractivity contribution in [2.75, 3.05) is 0 Å². The second-order valence-electron chi connectivity index (χ2n) is 2.38. The van der Waals surface area contributed by atoms with Crippen molar-refractivity contribution >= 4 is 0 Å².